The lowest BCUT2D eigenvalue weighted by molar-refractivity contribution is -0.159. The first-order valence-electron chi connectivity index (χ1n) is 5.81. The number of nitrogens with zero attached hydrogens (tertiary/aromatic N) is 1. The van der Waals surface area contributed by atoms with Crippen LogP contribution < -0.4 is 10.9 Å². The van der Waals surface area contributed by atoms with Crippen LogP contribution in [0.4, 0.5) is 4.79 Å². The van der Waals surface area contributed by atoms with Gasteiger partial charge >= 0.3 is 12.0 Å². The van der Waals surface area contributed by atoms with Crippen LogP contribution in [0, 0.1) is 0 Å². The number of amides is 2. The number of hydrogen-bond donors (Lipinski definition) is 2. The highest BCUT2D eigenvalue weighted by Crippen LogP contribution is 2.20. The summed E-state index contributed by atoms with van der Waals surface area (Å²) in [4.78, 5) is 25.1. The predicted molar refractivity (Wildman–Crippen MR) is 63.2 cm³/mol. The van der Waals surface area contributed by atoms with Crippen molar-refractivity contribution in [3.8, 4) is 0 Å². The summed E-state index contributed by atoms with van der Waals surface area (Å²) in [5, 5.41) is 0. The van der Waals surface area contributed by atoms with E-state index in [4.69, 9.17) is 4.74 Å². The summed E-state index contributed by atoms with van der Waals surface area (Å²) >= 11 is 0. The van der Waals surface area contributed by atoms with Crippen molar-refractivity contribution in [2.45, 2.75) is 45.3 Å². The second kappa shape index (κ2) is 5.35. The van der Waals surface area contributed by atoms with Crippen LogP contribution in [0.1, 0.15) is 33.6 Å². The average molecular weight is 243 g/mol. The van der Waals surface area contributed by atoms with Gasteiger partial charge in [0, 0.05) is 13.6 Å². The summed E-state index contributed by atoms with van der Waals surface area (Å²) in [6.07, 6.45) is 1.48. The number of likely N-dealkylation sites (tertiary alicyclic amines) is 1. The minimum Gasteiger partial charge on any atom is -0.458 e. The largest absolute Gasteiger partial charge is 0.458 e. The van der Waals surface area contributed by atoms with Crippen LogP contribution in [-0.2, 0) is 9.53 Å². The van der Waals surface area contributed by atoms with Gasteiger partial charge in [-0.15, -0.1) is 0 Å². The van der Waals surface area contributed by atoms with Crippen molar-refractivity contribution in [3.63, 3.8) is 0 Å². The molecule has 6 heteroatoms. The molecular weight excluding hydrogens is 222 g/mol. The monoisotopic (exact) mass is 243 g/mol. The maximum absolute atomic E-state index is 11.9. The Morgan fingerprint density at radius 2 is 2.00 bits per heavy atom. The lowest BCUT2D eigenvalue weighted by atomic mass is 10.1. The second-order valence-electron chi connectivity index (χ2n) is 5.07. The van der Waals surface area contributed by atoms with Crippen molar-refractivity contribution >= 4 is 12.0 Å². The van der Waals surface area contributed by atoms with E-state index in [1.807, 2.05) is 20.8 Å². The van der Waals surface area contributed by atoms with Crippen molar-refractivity contribution < 1.29 is 14.3 Å². The van der Waals surface area contributed by atoms with Gasteiger partial charge in [0.2, 0.25) is 0 Å². The lowest BCUT2D eigenvalue weighted by Gasteiger charge is -2.27. The molecular formula is C11H21N3O3. The van der Waals surface area contributed by atoms with E-state index in [0.29, 0.717) is 13.0 Å². The first kappa shape index (κ1) is 13.8. The third-order valence-electron chi connectivity index (χ3n) is 2.42. The smallest absolute Gasteiger partial charge is 0.332 e. The fourth-order valence-corrected chi connectivity index (χ4v) is 1.80. The Labute approximate surface area is 102 Å². The Balaban J connectivity index is 2.63. The van der Waals surface area contributed by atoms with Gasteiger partial charge in [-0.3, -0.25) is 5.43 Å². The Morgan fingerprint density at radius 1 is 1.35 bits per heavy atom. The molecule has 1 unspecified atom stereocenters. The Hall–Kier alpha value is -1.30. The van der Waals surface area contributed by atoms with E-state index in [2.05, 4.69) is 10.9 Å². The summed E-state index contributed by atoms with van der Waals surface area (Å²) in [5.41, 5.74) is 4.50. The molecule has 0 spiro atoms. The van der Waals surface area contributed by atoms with Crippen molar-refractivity contribution in [2.24, 2.45) is 0 Å². The Kier molecular flexibility index (Phi) is 4.34. The molecule has 98 valence electrons. The van der Waals surface area contributed by atoms with Crippen LogP contribution in [0.3, 0.4) is 0 Å². The van der Waals surface area contributed by atoms with Gasteiger partial charge in [-0.25, -0.2) is 15.0 Å². The zero-order chi connectivity index (χ0) is 13.1. The van der Waals surface area contributed by atoms with Gasteiger partial charge in [-0.1, -0.05) is 0 Å². The first-order chi connectivity index (χ1) is 7.85. The number of rotatable bonds is 2. The molecule has 0 radical (unpaired) electrons. The number of esters is 1. The summed E-state index contributed by atoms with van der Waals surface area (Å²) in [6, 6.07) is -0.761. The zero-order valence-electron chi connectivity index (χ0n) is 10.9. The fourth-order valence-electron chi connectivity index (χ4n) is 1.80. The molecule has 0 aromatic rings. The molecule has 1 aliphatic heterocycles. The van der Waals surface area contributed by atoms with Gasteiger partial charge < -0.3 is 9.64 Å². The highest BCUT2D eigenvalue weighted by atomic mass is 16.6. The Bertz CT molecular complexity index is 299. The maximum Gasteiger partial charge on any atom is 0.332 e. The summed E-state index contributed by atoms with van der Waals surface area (Å²) in [5.74, 6) is -0.332. The molecule has 17 heavy (non-hydrogen) atoms. The van der Waals surface area contributed by atoms with E-state index < -0.39 is 11.6 Å². The van der Waals surface area contributed by atoms with Crippen LogP contribution >= 0.6 is 0 Å². The van der Waals surface area contributed by atoms with E-state index in [1.54, 1.807) is 7.05 Å². The number of hydrazine groups is 1. The minimum absolute atomic E-state index is 0.291. The highest BCUT2D eigenvalue weighted by molar-refractivity contribution is 5.84. The van der Waals surface area contributed by atoms with Crippen LogP contribution in [0.15, 0.2) is 0 Å². The number of urea groups is 1. The van der Waals surface area contributed by atoms with Crippen LogP contribution in [-0.4, -0.2) is 42.1 Å². The molecule has 2 N–H and O–H groups in total. The summed E-state index contributed by atoms with van der Waals surface area (Å²) < 4.78 is 5.30. The van der Waals surface area contributed by atoms with E-state index >= 15 is 0 Å². The molecule has 1 atom stereocenters. The second-order valence-corrected chi connectivity index (χ2v) is 5.07. The van der Waals surface area contributed by atoms with E-state index in [0.717, 1.165) is 6.42 Å². The summed E-state index contributed by atoms with van der Waals surface area (Å²) in [7, 11) is 1.61. The first-order valence-corrected chi connectivity index (χ1v) is 5.81. The van der Waals surface area contributed by atoms with Gasteiger partial charge in [0.25, 0.3) is 0 Å². The van der Waals surface area contributed by atoms with Crippen molar-refractivity contribution in [2.75, 3.05) is 13.6 Å². The standard InChI is InChI=1S/C11H21N3O3/c1-11(2,3)17-9(15)8-6-5-7-14(8)10(16)13-12-4/h8,12H,5-7H2,1-4H3,(H,13,16). The summed E-state index contributed by atoms with van der Waals surface area (Å²) in [6.45, 7) is 6.03. The zero-order valence-corrected chi connectivity index (χ0v) is 10.9. The number of ether oxygens (including phenoxy) is 1. The highest BCUT2D eigenvalue weighted by Gasteiger charge is 2.36. The quantitative estimate of drug-likeness (QED) is 0.551. The van der Waals surface area contributed by atoms with Gasteiger partial charge in [-0.05, 0) is 33.6 Å². The number of hydrogen-bond acceptors (Lipinski definition) is 4. The SMILES string of the molecule is CNNC(=O)N1CCCC1C(=O)OC(C)(C)C. The van der Waals surface area contributed by atoms with E-state index in [1.165, 1.54) is 4.90 Å². The molecule has 0 aliphatic carbocycles. The topological polar surface area (TPSA) is 70.7 Å². The molecule has 2 amide bonds. The van der Waals surface area contributed by atoms with E-state index in [-0.39, 0.29) is 12.0 Å². The molecule has 0 aromatic heterocycles. The molecule has 1 heterocycles. The van der Waals surface area contributed by atoms with Crippen molar-refractivity contribution in [3.05, 3.63) is 0 Å². The fraction of sp³-hybridized carbons (Fsp3) is 0.818. The van der Waals surface area contributed by atoms with Gasteiger partial charge in [0.15, 0.2) is 0 Å². The molecule has 0 saturated carbocycles. The van der Waals surface area contributed by atoms with Gasteiger partial charge in [-0.2, -0.15) is 0 Å². The molecule has 1 aliphatic rings. The Morgan fingerprint density at radius 3 is 2.53 bits per heavy atom. The van der Waals surface area contributed by atoms with Crippen molar-refractivity contribution in [1.82, 2.24) is 15.8 Å². The molecule has 0 aromatic carbocycles. The molecule has 0 bridgehead atoms. The number of carbonyl (C=O) groups is 2. The van der Waals surface area contributed by atoms with Gasteiger partial charge in [0.05, 0.1) is 0 Å². The third-order valence-corrected chi connectivity index (χ3v) is 2.42. The molecule has 1 fully saturated rings. The molecule has 1 rings (SSSR count). The van der Waals surface area contributed by atoms with Gasteiger partial charge in [0.1, 0.15) is 11.6 Å². The number of nitrogens with one attached hydrogen (secondary N) is 2. The predicted octanol–water partition coefficient (Wildman–Crippen LogP) is 0.636. The van der Waals surface area contributed by atoms with Crippen LogP contribution in [0.25, 0.3) is 0 Å². The molecule has 1 saturated heterocycles. The van der Waals surface area contributed by atoms with Crippen LogP contribution in [0.5, 0.6) is 0 Å². The third kappa shape index (κ3) is 3.89. The lowest BCUT2D eigenvalue weighted by Crippen LogP contribution is -2.50. The minimum atomic E-state index is -0.523. The number of carbonyl (C=O) groups excluding carboxylic acids is 2. The van der Waals surface area contributed by atoms with Crippen LogP contribution in [0.2, 0.25) is 0 Å². The normalized spacial score (nSPS) is 20.2. The maximum atomic E-state index is 11.9. The average Bonchev–Trinajstić information content (AvgIpc) is 2.63. The van der Waals surface area contributed by atoms with E-state index in [9.17, 15) is 9.59 Å². The van der Waals surface area contributed by atoms with Crippen molar-refractivity contribution in [1.29, 1.82) is 0 Å². The molecule has 6 nitrogen and oxygen atoms in total.